The molecule has 0 heteroatoms. The van der Waals surface area contributed by atoms with Crippen LogP contribution >= 0.6 is 0 Å². The lowest BCUT2D eigenvalue weighted by Gasteiger charge is -2.12. The fraction of sp³-hybridized carbons (Fsp3) is 0.600. The largest absolute Gasteiger partial charge is 0.0625 e. The lowest BCUT2D eigenvalue weighted by molar-refractivity contribution is 0.552. The summed E-state index contributed by atoms with van der Waals surface area (Å²) < 4.78 is 0. The number of hydrogen-bond donors (Lipinski definition) is 0. The molecule has 0 heterocycles. The van der Waals surface area contributed by atoms with Crippen molar-refractivity contribution in [1.29, 1.82) is 0 Å². The second kappa shape index (κ2) is 1.55. The maximum atomic E-state index is 2.36. The van der Waals surface area contributed by atoms with Gasteiger partial charge in [-0.3, -0.25) is 0 Å². The Hall–Kier alpha value is -0.520. The molecule has 2 atom stereocenters. The quantitative estimate of drug-likeness (QED) is 0.475. The molecule has 10 heavy (non-hydrogen) atoms. The van der Waals surface area contributed by atoms with Crippen molar-refractivity contribution in [3.8, 4) is 0 Å². The van der Waals surface area contributed by atoms with Gasteiger partial charge in [0.15, 0.2) is 0 Å². The molecular formula is C10H12. The van der Waals surface area contributed by atoms with E-state index in [2.05, 4.69) is 12.2 Å². The lowest BCUT2D eigenvalue weighted by atomic mass is 9.92. The van der Waals surface area contributed by atoms with Crippen molar-refractivity contribution in [3.63, 3.8) is 0 Å². The summed E-state index contributed by atoms with van der Waals surface area (Å²) in [4.78, 5) is 0. The van der Waals surface area contributed by atoms with Gasteiger partial charge >= 0.3 is 0 Å². The maximum Gasteiger partial charge on any atom is -0.00962 e. The molecule has 2 fully saturated rings. The summed E-state index contributed by atoms with van der Waals surface area (Å²) >= 11 is 0. The molecule has 0 aromatic heterocycles. The molecule has 0 aliphatic heterocycles. The van der Waals surface area contributed by atoms with Crippen LogP contribution in [0.4, 0.5) is 0 Å². The summed E-state index contributed by atoms with van der Waals surface area (Å²) in [7, 11) is 0. The fourth-order valence-corrected chi connectivity index (χ4v) is 2.92. The molecule has 0 aromatic carbocycles. The van der Waals surface area contributed by atoms with Crippen LogP contribution in [-0.2, 0) is 0 Å². The molecule has 2 saturated carbocycles. The van der Waals surface area contributed by atoms with Crippen LogP contribution in [-0.4, -0.2) is 0 Å². The van der Waals surface area contributed by atoms with E-state index in [4.69, 9.17) is 0 Å². The number of allylic oxidation sites excluding steroid dienone is 4. The van der Waals surface area contributed by atoms with Crippen molar-refractivity contribution in [3.05, 3.63) is 23.3 Å². The van der Waals surface area contributed by atoms with Gasteiger partial charge in [-0.15, -0.1) is 0 Å². The third-order valence-electron chi connectivity index (χ3n) is 3.39. The van der Waals surface area contributed by atoms with Crippen LogP contribution in [0.1, 0.15) is 25.7 Å². The second-order valence-electron chi connectivity index (χ2n) is 3.80. The molecule has 0 amide bonds. The zero-order chi connectivity index (χ0) is 6.55. The summed E-state index contributed by atoms with van der Waals surface area (Å²) in [5, 5.41) is 0. The Balaban J connectivity index is 2.08. The van der Waals surface area contributed by atoms with Crippen molar-refractivity contribution < 1.29 is 0 Å². The van der Waals surface area contributed by atoms with Crippen LogP contribution < -0.4 is 0 Å². The van der Waals surface area contributed by atoms with Gasteiger partial charge in [-0.1, -0.05) is 29.7 Å². The van der Waals surface area contributed by atoms with Crippen LogP contribution in [0.3, 0.4) is 0 Å². The monoisotopic (exact) mass is 132 g/mol. The Bertz CT molecular complexity index is 208. The van der Waals surface area contributed by atoms with Crippen molar-refractivity contribution in [2.75, 3.05) is 0 Å². The molecule has 3 aliphatic rings. The molecule has 0 aromatic rings. The molecule has 0 saturated heterocycles. The Morgan fingerprint density at radius 3 is 2.20 bits per heavy atom. The van der Waals surface area contributed by atoms with Gasteiger partial charge in [0.25, 0.3) is 0 Å². The summed E-state index contributed by atoms with van der Waals surface area (Å²) in [5.41, 5.74) is 3.50. The van der Waals surface area contributed by atoms with Gasteiger partial charge in [-0.25, -0.2) is 0 Å². The molecule has 0 N–H and O–H groups in total. The molecule has 0 spiro atoms. The zero-order valence-corrected chi connectivity index (χ0v) is 6.14. The molecule has 0 radical (unpaired) electrons. The number of rotatable bonds is 0. The minimum atomic E-state index is 1.000. The van der Waals surface area contributed by atoms with Gasteiger partial charge in [0.2, 0.25) is 0 Å². The third kappa shape index (κ3) is 0.448. The fourth-order valence-electron chi connectivity index (χ4n) is 2.92. The molecule has 2 unspecified atom stereocenters. The lowest BCUT2D eigenvalue weighted by Crippen LogP contribution is -2.03. The predicted octanol–water partition coefficient (Wildman–Crippen LogP) is 2.67. The van der Waals surface area contributed by atoms with Crippen LogP contribution in [0.15, 0.2) is 23.3 Å². The highest BCUT2D eigenvalue weighted by atomic mass is 14.4. The normalized spacial score (nSPS) is 41.6. The van der Waals surface area contributed by atoms with Gasteiger partial charge in [0.05, 0.1) is 0 Å². The van der Waals surface area contributed by atoms with Crippen LogP contribution in [0, 0.1) is 11.8 Å². The van der Waals surface area contributed by atoms with Crippen molar-refractivity contribution in [1.82, 2.24) is 0 Å². The Kier molecular flexibility index (Phi) is 0.803. The second-order valence-corrected chi connectivity index (χ2v) is 3.80. The van der Waals surface area contributed by atoms with Crippen LogP contribution in [0.2, 0.25) is 0 Å². The average Bonchev–Trinajstić information content (AvgIpc) is 2.60. The van der Waals surface area contributed by atoms with E-state index in [0.29, 0.717) is 0 Å². The molecule has 0 nitrogen and oxygen atoms in total. The van der Waals surface area contributed by atoms with Gasteiger partial charge in [0, 0.05) is 0 Å². The van der Waals surface area contributed by atoms with E-state index in [1.807, 2.05) is 0 Å². The number of hydrogen-bond acceptors (Lipinski definition) is 0. The van der Waals surface area contributed by atoms with Gasteiger partial charge in [0.1, 0.15) is 0 Å². The first kappa shape index (κ1) is 5.17. The SMILES string of the molecule is C1=C2CC(=C1)C1CCCC21. The topological polar surface area (TPSA) is 0 Å². The Labute approximate surface area is 61.6 Å². The van der Waals surface area contributed by atoms with E-state index in [1.54, 1.807) is 11.1 Å². The highest BCUT2D eigenvalue weighted by molar-refractivity contribution is 5.42. The van der Waals surface area contributed by atoms with Crippen LogP contribution in [0.5, 0.6) is 0 Å². The first-order chi connectivity index (χ1) is 4.95. The highest BCUT2D eigenvalue weighted by Crippen LogP contribution is 2.52. The van der Waals surface area contributed by atoms with E-state index in [0.717, 1.165) is 11.8 Å². The van der Waals surface area contributed by atoms with E-state index in [9.17, 15) is 0 Å². The summed E-state index contributed by atoms with van der Waals surface area (Å²) in [6.45, 7) is 0. The Morgan fingerprint density at radius 1 is 1.00 bits per heavy atom. The van der Waals surface area contributed by atoms with Crippen molar-refractivity contribution >= 4 is 0 Å². The maximum absolute atomic E-state index is 2.36. The predicted molar refractivity (Wildman–Crippen MR) is 41.6 cm³/mol. The first-order valence-electron chi connectivity index (χ1n) is 4.34. The van der Waals surface area contributed by atoms with E-state index >= 15 is 0 Å². The summed E-state index contributed by atoms with van der Waals surface area (Å²) in [6.07, 6.45) is 10.5. The molecule has 3 rings (SSSR count). The van der Waals surface area contributed by atoms with E-state index in [1.165, 1.54) is 25.7 Å². The smallest absolute Gasteiger partial charge is 0.00962 e. The minimum absolute atomic E-state index is 1.000. The summed E-state index contributed by atoms with van der Waals surface area (Å²) in [6, 6.07) is 0. The summed E-state index contributed by atoms with van der Waals surface area (Å²) in [5.74, 6) is 2.00. The van der Waals surface area contributed by atoms with E-state index < -0.39 is 0 Å². The molecular weight excluding hydrogens is 120 g/mol. The standard InChI is InChI=1S/C10H12/c1-2-9-7-4-5-8(6-7)10(9)3-1/h4-5,9-10H,1-3,6H2. The first-order valence-corrected chi connectivity index (χ1v) is 4.34. The van der Waals surface area contributed by atoms with Crippen molar-refractivity contribution in [2.24, 2.45) is 11.8 Å². The number of fused-ring (bicyclic) bond motifs is 5. The van der Waals surface area contributed by atoms with Crippen LogP contribution in [0.25, 0.3) is 0 Å². The van der Waals surface area contributed by atoms with Gasteiger partial charge < -0.3 is 0 Å². The Morgan fingerprint density at radius 2 is 1.60 bits per heavy atom. The van der Waals surface area contributed by atoms with Gasteiger partial charge in [-0.2, -0.15) is 0 Å². The average molecular weight is 132 g/mol. The molecule has 52 valence electrons. The van der Waals surface area contributed by atoms with E-state index in [-0.39, 0.29) is 0 Å². The van der Waals surface area contributed by atoms with Crippen molar-refractivity contribution in [2.45, 2.75) is 25.7 Å². The third-order valence-corrected chi connectivity index (χ3v) is 3.39. The molecule has 3 aliphatic carbocycles. The minimum Gasteiger partial charge on any atom is -0.0625 e. The zero-order valence-electron chi connectivity index (χ0n) is 6.14. The highest BCUT2D eigenvalue weighted by Gasteiger charge is 2.40. The molecule has 2 bridgehead atoms. The van der Waals surface area contributed by atoms with Gasteiger partial charge in [-0.05, 0) is 31.1 Å².